The normalized spacial score (nSPS) is 19.6. The molecule has 24 heavy (non-hydrogen) atoms. The summed E-state index contributed by atoms with van der Waals surface area (Å²) in [7, 11) is -3.89. The van der Waals surface area contributed by atoms with Crippen molar-refractivity contribution in [2.75, 3.05) is 0 Å². The minimum absolute atomic E-state index is 0.0902. The summed E-state index contributed by atoms with van der Waals surface area (Å²) in [5, 5.41) is 0.0902. The number of carbonyl (C=O) groups is 1. The number of nitrogens with zero attached hydrogens (tertiary/aromatic N) is 2. The molecule has 0 radical (unpaired) electrons. The van der Waals surface area contributed by atoms with Gasteiger partial charge in [-0.15, -0.1) is 0 Å². The van der Waals surface area contributed by atoms with E-state index < -0.39 is 21.8 Å². The molecule has 1 aromatic carbocycles. The van der Waals surface area contributed by atoms with E-state index >= 15 is 0 Å². The highest BCUT2D eigenvalue weighted by atomic mass is 32.2. The van der Waals surface area contributed by atoms with E-state index in [1.807, 2.05) is 24.3 Å². The average Bonchev–Trinajstić information content (AvgIpc) is 3.16. The lowest BCUT2D eigenvalue weighted by molar-refractivity contribution is -0.121. The largest absolute Gasteiger partial charge is 0.318 e. The van der Waals surface area contributed by atoms with Gasteiger partial charge in [-0.2, -0.15) is 8.42 Å². The number of fused-ring (bicyclic) bond motifs is 2. The van der Waals surface area contributed by atoms with Gasteiger partial charge < -0.3 is 4.57 Å². The molecule has 1 atom stereocenters. The molecule has 2 aliphatic rings. The van der Waals surface area contributed by atoms with Crippen LogP contribution in [0, 0.1) is 0 Å². The van der Waals surface area contributed by atoms with Gasteiger partial charge in [0.1, 0.15) is 5.82 Å². The fourth-order valence-corrected chi connectivity index (χ4v) is 4.92. The van der Waals surface area contributed by atoms with Crippen LogP contribution in [0.1, 0.15) is 42.1 Å². The molecule has 4 rings (SSSR count). The summed E-state index contributed by atoms with van der Waals surface area (Å²) < 4.78 is 29.2. The smallest absolute Gasteiger partial charge is 0.281 e. The highest BCUT2D eigenvalue weighted by Gasteiger charge is 2.32. The maximum atomic E-state index is 12.7. The van der Waals surface area contributed by atoms with E-state index in [4.69, 9.17) is 0 Å². The van der Waals surface area contributed by atoms with Gasteiger partial charge in [-0.05, 0) is 36.8 Å². The van der Waals surface area contributed by atoms with E-state index in [2.05, 4.69) is 9.71 Å². The van der Waals surface area contributed by atoms with Crippen molar-refractivity contribution in [1.82, 2.24) is 14.3 Å². The maximum Gasteiger partial charge on any atom is 0.281 e. The van der Waals surface area contributed by atoms with Gasteiger partial charge in [0.15, 0.2) is 5.03 Å². The molecule has 2 heterocycles. The number of nitrogens with one attached hydrogen (secondary N) is 1. The number of rotatable bonds is 3. The van der Waals surface area contributed by atoms with Gasteiger partial charge in [0.2, 0.25) is 5.91 Å². The molecule has 0 saturated carbocycles. The molecule has 1 aliphatic heterocycles. The second-order valence-electron chi connectivity index (χ2n) is 6.38. The van der Waals surface area contributed by atoms with Gasteiger partial charge in [-0.1, -0.05) is 24.3 Å². The Morgan fingerprint density at radius 1 is 1.21 bits per heavy atom. The second kappa shape index (κ2) is 5.73. The third-order valence-corrected chi connectivity index (χ3v) is 6.23. The number of imidazole rings is 1. The highest BCUT2D eigenvalue weighted by molar-refractivity contribution is 7.90. The van der Waals surface area contributed by atoms with E-state index in [0.29, 0.717) is 13.0 Å². The Morgan fingerprint density at radius 3 is 2.92 bits per heavy atom. The Balaban J connectivity index is 1.60. The van der Waals surface area contributed by atoms with Crippen molar-refractivity contribution in [3.8, 4) is 0 Å². The standard InChI is InChI=1S/C17H19N3O3S/c21-17(14-8-3-6-12-5-1-2-7-13(12)14)19-24(22,23)16-11-18-15-9-4-10-20(15)16/h1-2,5,7,11,14H,3-4,6,8-10H2,(H,19,21). The van der Waals surface area contributed by atoms with Crippen molar-refractivity contribution in [3.05, 3.63) is 47.4 Å². The Hall–Kier alpha value is -2.15. The molecule has 1 aromatic heterocycles. The third kappa shape index (κ3) is 2.53. The van der Waals surface area contributed by atoms with E-state index in [9.17, 15) is 13.2 Å². The van der Waals surface area contributed by atoms with Gasteiger partial charge in [0.25, 0.3) is 10.0 Å². The number of benzene rings is 1. The number of sulfonamides is 1. The fourth-order valence-electron chi connectivity index (χ4n) is 3.73. The Morgan fingerprint density at radius 2 is 2.04 bits per heavy atom. The van der Waals surface area contributed by atoms with E-state index in [1.54, 1.807) is 4.57 Å². The van der Waals surface area contributed by atoms with Crippen LogP contribution in [-0.2, 0) is 34.2 Å². The lowest BCUT2D eigenvalue weighted by Gasteiger charge is -2.24. The molecule has 126 valence electrons. The summed E-state index contributed by atoms with van der Waals surface area (Å²) in [6, 6.07) is 7.77. The molecule has 1 unspecified atom stereocenters. The highest BCUT2D eigenvalue weighted by Crippen LogP contribution is 2.32. The number of aryl methyl sites for hydroxylation is 2. The topological polar surface area (TPSA) is 81.1 Å². The van der Waals surface area contributed by atoms with E-state index in [-0.39, 0.29) is 5.03 Å². The van der Waals surface area contributed by atoms with Crippen LogP contribution in [0.5, 0.6) is 0 Å². The van der Waals surface area contributed by atoms with Crippen molar-refractivity contribution in [2.45, 2.75) is 49.6 Å². The summed E-state index contributed by atoms with van der Waals surface area (Å²) in [6.45, 7) is 0.631. The summed E-state index contributed by atoms with van der Waals surface area (Å²) in [5.41, 5.74) is 2.07. The predicted octanol–water partition coefficient (Wildman–Crippen LogP) is 1.75. The Labute approximate surface area is 141 Å². The van der Waals surface area contributed by atoms with Crippen LogP contribution in [0.25, 0.3) is 0 Å². The zero-order chi connectivity index (χ0) is 16.7. The van der Waals surface area contributed by atoms with Crippen LogP contribution in [-0.4, -0.2) is 23.9 Å². The molecule has 6 nitrogen and oxygen atoms in total. The van der Waals surface area contributed by atoms with Gasteiger partial charge in [-0.25, -0.2) is 9.71 Å². The SMILES string of the molecule is O=C(NS(=O)(=O)c1cnc2n1CCC2)C1CCCc2ccccc21. The molecule has 2 aromatic rings. The first-order chi connectivity index (χ1) is 11.6. The second-order valence-corrected chi connectivity index (χ2v) is 8.01. The minimum Gasteiger partial charge on any atom is -0.318 e. The van der Waals surface area contributed by atoms with Crippen LogP contribution < -0.4 is 4.72 Å². The minimum atomic E-state index is -3.89. The monoisotopic (exact) mass is 345 g/mol. The average molecular weight is 345 g/mol. The van der Waals surface area contributed by atoms with Crippen molar-refractivity contribution < 1.29 is 13.2 Å². The molecular weight excluding hydrogens is 326 g/mol. The van der Waals surface area contributed by atoms with Crippen LogP contribution >= 0.6 is 0 Å². The van der Waals surface area contributed by atoms with Crippen LogP contribution in [0.15, 0.2) is 35.5 Å². The first-order valence-corrected chi connectivity index (χ1v) is 9.73. The molecule has 1 aliphatic carbocycles. The number of hydrogen-bond acceptors (Lipinski definition) is 4. The van der Waals surface area contributed by atoms with Gasteiger partial charge in [0.05, 0.1) is 12.1 Å². The first kappa shape index (κ1) is 15.4. The molecular formula is C17H19N3O3S. The van der Waals surface area contributed by atoms with Crippen LogP contribution in [0.2, 0.25) is 0 Å². The molecule has 1 amide bonds. The number of hydrogen-bond donors (Lipinski definition) is 1. The summed E-state index contributed by atoms with van der Waals surface area (Å²) in [5.74, 6) is -0.0905. The summed E-state index contributed by atoms with van der Waals surface area (Å²) >= 11 is 0. The van der Waals surface area contributed by atoms with Crippen LogP contribution in [0.3, 0.4) is 0 Å². The summed E-state index contributed by atoms with van der Waals surface area (Å²) in [4.78, 5) is 16.8. The van der Waals surface area contributed by atoms with E-state index in [1.165, 1.54) is 6.20 Å². The van der Waals surface area contributed by atoms with Crippen molar-refractivity contribution in [1.29, 1.82) is 0 Å². The van der Waals surface area contributed by atoms with Crippen molar-refractivity contribution in [3.63, 3.8) is 0 Å². The number of carbonyl (C=O) groups excluding carboxylic acids is 1. The number of amides is 1. The lowest BCUT2D eigenvalue weighted by Crippen LogP contribution is -2.36. The van der Waals surface area contributed by atoms with Crippen molar-refractivity contribution in [2.24, 2.45) is 0 Å². The maximum absolute atomic E-state index is 12.7. The van der Waals surface area contributed by atoms with Gasteiger partial charge in [0, 0.05) is 13.0 Å². The number of aromatic nitrogens is 2. The third-order valence-electron chi connectivity index (χ3n) is 4.88. The first-order valence-electron chi connectivity index (χ1n) is 8.25. The molecule has 0 bridgehead atoms. The Bertz CT molecular complexity index is 902. The zero-order valence-corrected chi connectivity index (χ0v) is 14.1. The van der Waals surface area contributed by atoms with Crippen LogP contribution in [0.4, 0.5) is 0 Å². The molecule has 7 heteroatoms. The fraction of sp³-hybridized carbons (Fsp3) is 0.412. The molecule has 0 spiro atoms. The quantitative estimate of drug-likeness (QED) is 0.919. The Kier molecular flexibility index (Phi) is 3.68. The zero-order valence-electron chi connectivity index (χ0n) is 13.2. The summed E-state index contributed by atoms with van der Waals surface area (Å²) in [6.07, 6.45) is 5.50. The molecule has 0 saturated heterocycles. The molecule has 0 fully saturated rings. The van der Waals surface area contributed by atoms with E-state index in [0.717, 1.165) is 42.6 Å². The predicted molar refractivity (Wildman–Crippen MR) is 88.0 cm³/mol. The van der Waals surface area contributed by atoms with Gasteiger partial charge >= 0.3 is 0 Å². The van der Waals surface area contributed by atoms with Gasteiger partial charge in [-0.3, -0.25) is 4.79 Å². The molecule has 1 N–H and O–H groups in total. The van der Waals surface area contributed by atoms with Crippen molar-refractivity contribution >= 4 is 15.9 Å². The lowest BCUT2D eigenvalue weighted by atomic mass is 9.82.